The molecule has 0 aliphatic heterocycles. The van der Waals surface area contributed by atoms with Crippen LogP contribution in [0.1, 0.15) is 29.5 Å². The van der Waals surface area contributed by atoms with Crippen molar-refractivity contribution in [3.05, 3.63) is 126 Å². The van der Waals surface area contributed by atoms with Crippen LogP contribution in [0.2, 0.25) is 0 Å². The summed E-state index contributed by atoms with van der Waals surface area (Å²) in [7, 11) is 1.76. The fraction of sp³-hybridized carbons (Fsp3) is 0.125. The zero-order valence-electron chi connectivity index (χ0n) is 19.2. The third-order valence-corrected chi connectivity index (χ3v) is 6.38. The second-order valence-corrected chi connectivity index (χ2v) is 8.52. The molecule has 0 saturated carbocycles. The van der Waals surface area contributed by atoms with Gasteiger partial charge < -0.3 is 4.74 Å². The van der Waals surface area contributed by atoms with Crippen LogP contribution in [0.4, 0.5) is 0 Å². The second kappa shape index (κ2) is 9.34. The molecule has 0 N–H and O–H groups in total. The van der Waals surface area contributed by atoms with Crippen LogP contribution in [0.25, 0.3) is 33.4 Å². The first-order valence-electron chi connectivity index (χ1n) is 11.5. The van der Waals surface area contributed by atoms with Gasteiger partial charge in [0.2, 0.25) is 0 Å². The highest BCUT2D eigenvalue weighted by atomic mass is 16.5. The van der Waals surface area contributed by atoms with Gasteiger partial charge in [0.1, 0.15) is 5.75 Å². The molecule has 4 aromatic rings. The fourth-order valence-corrected chi connectivity index (χ4v) is 4.73. The Labute approximate surface area is 196 Å². The molecule has 0 unspecified atom stereocenters. The summed E-state index contributed by atoms with van der Waals surface area (Å²) in [6.45, 7) is 2.11. The highest BCUT2D eigenvalue weighted by molar-refractivity contribution is 5.91. The first-order chi connectivity index (χ1) is 16.2. The zero-order valence-corrected chi connectivity index (χ0v) is 19.2. The Morgan fingerprint density at radius 2 is 1.33 bits per heavy atom. The smallest absolute Gasteiger partial charge is 0.130 e. The Morgan fingerprint density at radius 1 is 0.667 bits per heavy atom. The fourth-order valence-electron chi connectivity index (χ4n) is 4.73. The molecule has 1 nitrogen and oxygen atoms in total. The van der Waals surface area contributed by atoms with Crippen molar-refractivity contribution in [1.29, 1.82) is 0 Å². The quantitative estimate of drug-likeness (QED) is 0.309. The summed E-state index contributed by atoms with van der Waals surface area (Å²) in [5.74, 6) is 0.937. The van der Waals surface area contributed by atoms with Crippen molar-refractivity contribution in [2.75, 3.05) is 7.11 Å². The van der Waals surface area contributed by atoms with Gasteiger partial charge in [-0.2, -0.15) is 0 Å². The number of hydrogen-bond donors (Lipinski definition) is 0. The first-order valence-corrected chi connectivity index (χ1v) is 11.5. The summed E-state index contributed by atoms with van der Waals surface area (Å²) < 4.78 is 5.88. The third kappa shape index (κ3) is 4.27. The van der Waals surface area contributed by atoms with E-state index in [4.69, 9.17) is 4.74 Å². The molecular formula is C32H28O. The monoisotopic (exact) mass is 428 g/mol. The number of ether oxygens (including phenoxy) is 1. The topological polar surface area (TPSA) is 9.23 Å². The molecular weight excluding hydrogens is 400 g/mol. The molecule has 4 aromatic carbocycles. The van der Waals surface area contributed by atoms with E-state index in [0.29, 0.717) is 0 Å². The van der Waals surface area contributed by atoms with Crippen molar-refractivity contribution >= 4 is 11.1 Å². The van der Waals surface area contributed by atoms with Gasteiger partial charge in [-0.05, 0) is 70.4 Å². The van der Waals surface area contributed by atoms with Crippen LogP contribution in [0.15, 0.2) is 109 Å². The SMILES string of the molecule is COc1c(C)ccc(-c2cccc(C3=CCCC(c4ccccc4)=C3)c2)c1-c1ccccc1. The van der Waals surface area contributed by atoms with Gasteiger partial charge in [-0.15, -0.1) is 0 Å². The Kier molecular flexibility index (Phi) is 5.95. The maximum absolute atomic E-state index is 5.88. The molecule has 1 heteroatoms. The third-order valence-electron chi connectivity index (χ3n) is 6.38. The van der Waals surface area contributed by atoms with Gasteiger partial charge >= 0.3 is 0 Å². The summed E-state index contributed by atoms with van der Waals surface area (Å²) in [6, 6.07) is 34.5. The van der Waals surface area contributed by atoms with Crippen LogP contribution in [-0.4, -0.2) is 7.11 Å². The van der Waals surface area contributed by atoms with Crippen molar-refractivity contribution in [2.45, 2.75) is 19.8 Å². The molecule has 0 fully saturated rings. The number of benzene rings is 4. The van der Waals surface area contributed by atoms with E-state index in [1.807, 2.05) is 0 Å². The molecule has 0 bridgehead atoms. The van der Waals surface area contributed by atoms with E-state index in [1.54, 1.807) is 7.11 Å². The number of rotatable bonds is 5. The molecule has 0 aromatic heterocycles. The van der Waals surface area contributed by atoms with E-state index >= 15 is 0 Å². The van der Waals surface area contributed by atoms with Crippen LogP contribution in [0, 0.1) is 6.92 Å². The molecule has 162 valence electrons. The molecule has 5 rings (SSSR count). The van der Waals surface area contributed by atoms with E-state index in [9.17, 15) is 0 Å². The van der Waals surface area contributed by atoms with Crippen molar-refractivity contribution in [2.24, 2.45) is 0 Å². The minimum Gasteiger partial charge on any atom is -0.496 e. The molecule has 0 atom stereocenters. The standard InChI is InChI=1S/C32H28O/c1-23-19-20-30(31(32(23)33-2)25-13-7-4-8-14-25)29-18-10-17-28(22-29)27-16-9-15-26(21-27)24-11-5-3-6-12-24/h3-8,10-14,16-22H,9,15H2,1-2H3. The van der Waals surface area contributed by atoms with E-state index in [1.165, 1.54) is 39.0 Å². The molecule has 1 aliphatic carbocycles. The average Bonchev–Trinajstić information content (AvgIpc) is 2.89. The molecule has 0 heterocycles. The molecule has 0 amide bonds. The Morgan fingerprint density at radius 3 is 2.06 bits per heavy atom. The predicted molar refractivity (Wildman–Crippen MR) is 140 cm³/mol. The van der Waals surface area contributed by atoms with E-state index in [0.717, 1.165) is 29.7 Å². The summed E-state index contributed by atoms with van der Waals surface area (Å²) in [4.78, 5) is 0. The molecule has 1 aliphatic rings. The molecule has 0 saturated heterocycles. The van der Waals surface area contributed by atoms with Gasteiger partial charge in [0.25, 0.3) is 0 Å². The zero-order chi connectivity index (χ0) is 22.6. The maximum atomic E-state index is 5.88. The van der Waals surface area contributed by atoms with Gasteiger partial charge in [0, 0.05) is 5.56 Å². The lowest BCUT2D eigenvalue weighted by Gasteiger charge is -2.18. The van der Waals surface area contributed by atoms with Crippen molar-refractivity contribution in [3.8, 4) is 28.0 Å². The van der Waals surface area contributed by atoms with Gasteiger partial charge in [-0.3, -0.25) is 0 Å². The molecule has 0 spiro atoms. The lowest BCUT2D eigenvalue weighted by molar-refractivity contribution is 0.413. The summed E-state index contributed by atoms with van der Waals surface area (Å²) in [6.07, 6.45) is 6.86. The summed E-state index contributed by atoms with van der Waals surface area (Å²) in [5, 5.41) is 0. The minimum atomic E-state index is 0.937. The van der Waals surface area contributed by atoms with Gasteiger partial charge in [-0.25, -0.2) is 0 Å². The maximum Gasteiger partial charge on any atom is 0.130 e. The van der Waals surface area contributed by atoms with Crippen LogP contribution in [-0.2, 0) is 0 Å². The van der Waals surface area contributed by atoms with Crippen LogP contribution in [0.5, 0.6) is 5.75 Å². The van der Waals surface area contributed by atoms with Crippen molar-refractivity contribution in [3.63, 3.8) is 0 Å². The van der Waals surface area contributed by atoms with E-state index in [2.05, 4.69) is 116 Å². The number of allylic oxidation sites excluding steroid dienone is 4. The predicted octanol–water partition coefficient (Wildman–Crippen LogP) is 8.60. The lowest BCUT2D eigenvalue weighted by atomic mass is 9.88. The van der Waals surface area contributed by atoms with Gasteiger partial charge in [0.15, 0.2) is 0 Å². The number of aryl methyl sites for hydroxylation is 1. The Balaban J connectivity index is 1.60. The Bertz CT molecular complexity index is 1330. The summed E-state index contributed by atoms with van der Waals surface area (Å²) >= 11 is 0. The van der Waals surface area contributed by atoms with E-state index in [-0.39, 0.29) is 0 Å². The van der Waals surface area contributed by atoms with Crippen molar-refractivity contribution < 1.29 is 4.74 Å². The summed E-state index contributed by atoms with van der Waals surface area (Å²) in [5.41, 5.74) is 11.1. The lowest BCUT2D eigenvalue weighted by Crippen LogP contribution is -1.96. The minimum absolute atomic E-state index is 0.937. The normalized spacial score (nSPS) is 13.3. The first kappa shape index (κ1) is 21.0. The van der Waals surface area contributed by atoms with Crippen LogP contribution in [0.3, 0.4) is 0 Å². The van der Waals surface area contributed by atoms with Crippen LogP contribution < -0.4 is 4.74 Å². The average molecular weight is 429 g/mol. The number of hydrogen-bond acceptors (Lipinski definition) is 1. The van der Waals surface area contributed by atoms with Gasteiger partial charge in [0.05, 0.1) is 7.11 Å². The highest BCUT2D eigenvalue weighted by Crippen LogP contribution is 2.42. The molecule has 33 heavy (non-hydrogen) atoms. The highest BCUT2D eigenvalue weighted by Gasteiger charge is 2.16. The largest absolute Gasteiger partial charge is 0.496 e. The van der Waals surface area contributed by atoms with Gasteiger partial charge in [-0.1, -0.05) is 103 Å². The van der Waals surface area contributed by atoms with E-state index < -0.39 is 0 Å². The van der Waals surface area contributed by atoms with Crippen molar-refractivity contribution in [1.82, 2.24) is 0 Å². The number of methoxy groups -OCH3 is 1. The Hall–Kier alpha value is -3.84. The second-order valence-electron chi connectivity index (χ2n) is 8.52. The van der Waals surface area contributed by atoms with Crippen LogP contribution >= 0.6 is 0 Å². The molecule has 0 radical (unpaired) electrons.